The predicted octanol–water partition coefficient (Wildman–Crippen LogP) is 4.13. The van der Waals surface area contributed by atoms with E-state index in [0.29, 0.717) is 10.6 Å². The van der Waals surface area contributed by atoms with Crippen LogP contribution < -0.4 is 0 Å². The first kappa shape index (κ1) is 8.01. The highest BCUT2D eigenvalue weighted by molar-refractivity contribution is 6.33. The third kappa shape index (κ3) is 0.933. The summed E-state index contributed by atoms with van der Waals surface area (Å²) >= 11 is 6.00. The molecule has 14 heavy (non-hydrogen) atoms. The maximum Gasteiger partial charge on any atom is 0.131 e. The molecular formula is C12H6ClF. The Morgan fingerprint density at radius 3 is 2.36 bits per heavy atom. The summed E-state index contributed by atoms with van der Waals surface area (Å²) in [6, 6.07) is 10.9. The lowest BCUT2D eigenvalue weighted by atomic mass is 10.1. The number of hydrogen-bond donors (Lipinski definition) is 0. The van der Waals surface area contributed by atoms with Crippen molar-refractivity contribution in [1.82, 2.24) is 0 Å². The zero-order valence-electron chi connectivity index (χ0n) is 7.22. The largest absolute Gasteiger partial charge is 0.206 e. The van der Waals surface area contributed by atoms with E-state index in [1.54, 1.807) is 12.1 Å². The standard InChI is InChI=1S/C12H6ClF/c13-11-4-2-7-5-10(11)9-3-1-8(7)6-12(9)14/h1-6H. The quantitative estimate of drug-likeness (QED) is 0.517. The Kier molecular flexibility index (Phi) is 1.48. The third-order valence-electron chi connectivity index (χ3n) is 2.56. The van der Waals surface area contributed by atoms with Gasteiger partial charge < -0.3 is 0 Å². The van der Waals surface area contributed by atoms with Crippen LogP contribution in [0, 0.1) is 5.82 Å². The summed E-state index contributed by atoms with van der Waals surface area (Å²) in [4.78, 5) is 0. The van der Waals surface area contributed by atoms with Crippen LogP contribution in [0.3, 0.4) is 0 Å². The molecule has 0 N–H and O–H groups in total. The van der Waals surface area contributed by atoms with E-state index in [9.17, 15) is 4.39 Å². The fourth-order valence-electron chi connectivity index (χ4n) is 1.82. The Balaban J connectivity index is 2.52. The molecule has 2 aliphatic carbocycles. The molecule has 2 heteroatoms. The molecular weight excluding hydrogens is 199 g/mol. The van der Waals surface area contributed by atoms with Gasteiger partial charge in [-0.1, -0.05) is 29.8 Å². The second-order valence-electron chi connectivity index (χ2n) is 3.39. The zero-order valence-corrected chi connectivity index (χ0v) is 7.98. The van der Waals surface area contributed by atoms with Gasteiger partial charge in [0, 0.05) is 16.1 Å². The molecule has 2 aromatic rings. The maximum absolute atomic E-state index is 13.5. The fraction of sp³-hybridized carbons (Fsp3) is 0. The van der Waals surface area contributed by atoms with Crippen LogP contribution in [-0.4, -0.2) is 0 Å². The van der Waals surface area contributed by atoms with Crippen LogP contribution in [0.2, 0.25) is 5.02 Å². The molecule has 0 atom stereocenters. The second kappa shape index (κ2) is 2.58. The lowest BCUT2D eigenvalue weighted by molar-refractivity contribution is 0.632. The van der Waals surface area contributed by atoms with Crippen molar-refractivity contribution in [2.45, 2.75) is 0 Å². The van der Waals surface area contributed by atoms with Crippen molar-refractivity contribution in [2.75, 3.05) is 0 Å². The van der Waals surface area contributed by atoms with Crippen molar-refractivity contribution < 1.29 is 4.39 Å². The predicted molar refractivity (Wildman–Crippen MR) is 55.8 cm³/mol. The van der Waals surface area contributed by atoms with Gasteiger partial charge in [-0.05, 0) is 29.3 Å². The first-order valence-corrected chi connectivity index (χ1v) is 4.73. The van der Waals surface area contributed by atoms with Gasteiger partial charge in [0.15, 0.2) is 0 Å². The van der Waals surface area contributed by atoms with E-state index < -0.39 is 0 Å². The number of hydrogen-bond acceptors (Lipinski definition) is 0. The molecule has 68 valence electrons. The van der Waals surface area contributed by atoms with Crippen molar-refractivity contribution in [3.8, 4) is 22.3 Å². The van der Waals surface area contributed by atoms with E-state index >= 15 is 0 Å². The van der Waals surface area contributed by atoms with Gasteiger partial charge in [-0.15, -0.1) is 0 Å². The van der Waals surface area contributed by atoms with Crippen LogP contribution in [0.15, 0.2) is 36.4 Å². The van der Waals surface area contributed by atoms with E-state index in [2.05, 4.69) is 0 Å². The first-order valence-electron chi connectivity index (χ1n) is 4.35. The summed E-state index contributed by atoms with van der Waals surface area (Å²) < 4.78 is 13.5. The summed E-state index contributed by atoms with van der Waals surface area (Å²) in [6.45, 7) is 0. The number of fused-ring (bicyclic) bond motifs is 2. The minimum absolute atomic E-state index is 0.203. The van der Waals surface area contributed by atoms with Crippen LogP contribution in [0.5, 0.6) is 0 Å². The van der Waals surface area contributed by atoms with Gasteiger partial charge in [0.2, 0.25) is 0 Å². The molecule has 4 rings (SSSR count). The molecule has 0 spiro atoms. The molecule has 0 saturated heterocycles. The summed E-state index contributed by atoms with van der Waals surface area (Å²) in [5.41, 5.74) is 3.28. The summed E-state index contributed by atoms with van der Waals surface area (Å²) in [7, 11) is 0. The van der Waals surface area contributed by atoms with Gasteiger partial charge in [0.1, 0.15) is 5.82 Å². The van der Waals surface area contributed by atoms with Crippen molar-refractivity contribution >= 4 is 11.6 Å². The second-order valence-corrected chi connectivity index (χ2v) is 3.80. The topological polar surface area (TPSA) is 0 Å². The molecule has 0 heterocycles. The Labute approximate surface area is 86.0 Å². The average Bonchev–Trinajstić information content (AvgIpc) is 2.38. The highest BCUT2D eigenvalue weighted by atomic mass is 35.5. The van der Waals surface area contributed by atoms with E-state index in [0.717, 1.165) is 16.7 Å². The summed E-state index contributed by atoms with van der Waals surface area (Å²) in [6.07, 6.45) is 0. The van der Waals surface area contributed by atoms with Gasteiger partial charge >= 0.3 is 0 Å². The van der Waals surface area contributed by atoms with Crippen molar-refractivity contribution in [1.29, 1.82) is 0 Å². The normalized spacial score (nSPS) is 11.6. The lowest BCUT2D eigenvalue weighted by Crippen LogP contribution is -1.80. The van der Waals surface area contributed by atoms with Gasteiger partial charge in [-0.3, -0.25) is 0 Å². The Bertz CT molecular complexity index is 532. The van der Waals surface area contributed by atoms with E-state index in [1.807, 2.05) is 24.3 Å². The first-order chi connectivity index (χ1) is 6.75. The van der Waals surface area contributed by atoms with Gasteiger partial charge in [-0.2, -0.15) is 0 Å². The summed E-state index contributed by atoms with van der Waals surface area (Å²) in [5.74, 6) is -0.203. The maximum atomic E-state index is 13.5. The van der Waals surface area contributed by atoms with E-state index in [4.69, 9.17) is 11.6 Å². The molecule has 0 nitrogen and oxygen atoms in total. The number of halogens is 2. The molecule has 4 bridgehead atoms. The molecule has 2 aromatic carbocycles. The van der Waals surface area contributed by atoms with Crippen LogP contribution >= 0.6 is 11.6 Å². The Morgan fingerprint density at radius 1 is 0.857 bits per heavy atom. The highest BCUT2D eigenvalue weighted by Gasteiger charge is 2.15. The minimum Gasteiger partial charge on any atom is -0.206 e. The van der Waals surface area contributed by atoms with Crippen molar-refractivity contribution in [2.24, 2.45) is 0 Å². The third-order valence-corrected chi connectivity index (χ3v) is 2.89. The van der Waals surface area contributed by atoms with Gasteiger partial charge in [-0.25, -0.2) is 4.39 Å². The monoisotopic (exact) mass is 204 g/mol. The molecule has 0 aliphatic heterocycles. The molecule has 0 radical (unpaired) electrons. The van der Waals surface area contributed by atoms with Gasteiger partial charge in [0.25, 0.3) is 0 Å². The zero-order chi connectivity index (χ0) is 9.71. The Hall–Kier alpha value is -1.34. The number of rotatable bonds is 0. The molecule has 0 saturated carbocycles. The van der Waals surface area contributed by atoms with E-state index in [1.165, 1.54) is 0 Å². The molecule has 0 aromatic heterocycles. The minimum atomic E-state index is -0.203. The smallest absolute Gasteiger partial charge is 0.131 e. The number of benzene rings is 2. The van der Waals surface area contributed by atoms with Crippen molar-refractivity contribution in [3.05, 3.63) is 47.2 Å². The Morgan fingerprint density at radius 2 is 1.57 bits per heavy atom. The SMILES string of the molecule is Fc1cc2ccc1-c1cc-2ccc1Cl. The van der Waals surface area contributed by atoms with Gasteiger partial charge in [0.05, 0.1) is 0 Å². The van der Waals surface area contributed by atoms with E-state index in [-0.39, 0.29) is 5.82 Å². The van der Waals surface area contributed by atoms with Crippen molar-refractivity contribution in [3.63, 3.8) is 0 Å². The fourth-order valence-corrected chi connectivity index (χ4v) is 2.04. The van der Waals surface area contributed by atoms with Crippen LogP contribution in [0.4, 0.5) is 4.39 Å². The van der Waals surface area contributed by atoms with Crippen LogP contribution in [0.25, 0.3) is 22.3 Å². The highest BCUT2D eigenvalue weighted by Crippen LogP contribution is 2.38. The molecule has 0 unspecified atom stereocenters. The lowest BCUT2D eigenvalue weighted by Gasteiger charge is -2.01. The summed E-state index contributed by atoms with van der Waals surface area (Å²) in [5, 5.41) is 0.597. The molecule has 0 fully saturated rings. The molecule has 2 aliphatic rings. The van der Waals surface area contributed by atoms with Crippen LogP contribution in [0.1, 0.15) is 0 Å². The average molecular weight is 205 g/mol. The van der Waals surface area contributed by atoms with Crippen LogP contribution in [-0.2, 0) is 0 Å². The molecule has 0 amide bonds.